The lowest BCUT2D eigenvalue weighted by Crippen LogP contribution is -2.31. The second-order valence-corrected chi connectivity index (χ2v) is 36.9. The predicted molar refractivity (Wildman–Crippen MR) is 579 cm³/mol. The van der Waals surface area contributed by atoms with Crippen molar-refractivity contribution in [2.45, 2.75) is 38.5 Å². The maximum absolute atomic E-state index is 9.05. The van der Waals surface area contributed by atoms with E-state index in [1.807, 2.05) is 121 Å². The third-order valence-electron chi connectivity index (χ3n) is 25.9. The monoisotopic (exact) mass is 1960 g/mol. The molecule has 0 atom stereocenters. The molecule has 0 unspecified atom stereocenters. The number of para-hydroxylation sites is 4. The Kier molecular flexibility index (Phi) is 24.0. The molecule has 18 nitrogen and oxygen atoms in total. The number of fused-ring (bicyclic) bond motifs is 14. The molecule has 10 aromatic heterocycles. The topological polar surface area (TPSA) is 231 Å². The molecule has 12 heterocycles. The number of aromatic nitrogens is 14. The number of H-pyrrole nitrogens is 1. The Morgan fingerprint density at radius 1 is 0.286 bits per heavy atom. The van der Waals surface area contributed by atoms with E-state index >= 15 is 0 Å². The molecule has 0 amide bonds. The largest absolute Gasteiger partial charge is 0.488 e. The van der Waals surface area contributed by atoms with E-state index in [0.717, 1.165) is 142 Å². The van der Waals surface area contributed by atoms with E-state index < -0.39 is 7.12 Å². The molecule has 4 N–H and O–H groups in total. The van der Waals surface area contributed by atoms with Gasteiger partial charge in [0.05, 0.1) is 44.9 Å². The number of nitrogens with zero attached hydrogens (tertiary/aromatic N) is 14. The van der Waals surface area contributed by atoms with E-state index in [9.17, 15) is 0 Å². The van der Waals surface area contributed by atoms with Crippen LogP contribution in [0.2, 0.25) is 10.6 Å². The number of benzene rings is 14. The summed E-state index contributed by atoms with van der Waals surface area (Å²) in [6.07, 6.45) is 6.99. The molecular formula is C118H84BCl2IN16O2. The van der Waals surface area contributed by atoms with Crippen LogP contribution in [0, 0.1) is 3.70 Å². The maximum Gasteiger partial charge on any atom is 0.488 e. The van der Waals surface area contributed by atoms with E-state index in [1.54, 1.807) is 36.9 Å². The summed E-state index contributed by atoms with van der Waals surface area (Å²) >= 11 is 13.8. The maximum atomic E-state index is 9.05. The first-order chi connectivity index (χ1) is 68.5. The van der Waals surface area contributed by atoms with Crippen LogP contribution in [-0.4, -0.2) is 86.5 Å². The molecule has 0 fully saturated rings. The molecule has 26 rings (SSSR count). The van der Waals surface area contributed by atoms with Crippen LogP contribution < -0.4 is 15.7 Å². The highest BCUT2D eigenvalue weighted by molar-refractivity contribution is 14.1. The van der Waals surface area contributed by atoms with Crippen molar-refractivity contribution in [1.29, 1.82) is 0 Å². The van der Waals surface area contributed by atoms with Crippen LogP contribution in [0.5, 0.6) is 0 Å². The Hall–Kier alpha value is -16.5. The van der Waals surface area contributed by atoms with Gasteiger partial charge in [-0.05, 0) is 233 Å². The van der Waals surface area contributed by atoms with Gasteiger partial charge in [0.15, 0.2) is 22.6 Å². The van der Waals surface area contributed by atoms with Gasteiger partial charge in [-0.2, -0.15) is 19.9 Å². The zero-order valence-electron chi connectivity index (χ0n) is 76.1. The predicted octanol–water partition coefficient (Wildman–Crippen LogP) is 28.3. The fourth-order valence-electron chi connectivity index (χ4n) is 19.1. The standard InChI is InChI=1S/C59H40N8.C21H18N2.C19H12ClN3.C12H11BO2.C7H3ClIN3/c1-59(2)47-28-10-12-30-50(47)67(58-63-54(45-27-16-32-61-56(45)65-58)42-24-14-22-40(34-42)38-19-7-4-8-20-38)52-36-51-46(35-48(52)59)43-25-9-11-29-49(43)66(51)57-62-53(44-26-15-31-60-55(44)64-57)41-23-13-21-39(33-41)37-17-5-3-6-18-37;1-21(2)15-8-4-6-10-18(15)23-20-12-19-14(11-16(20)21)13-7-3-5-9-17(13)22-19;20-19-22-17(16-10-5-11-21-18(16)23-19)15-9-4-8-14(12-15)13-6-2-1-3-7-13;14-13(15)12-8-4-7-11(9-12)10-5-2-1-3-6-10;8-7-11-5(9)4-2-1-3-10-6(4)12-7/h3-36H,1-2H3;3-12,22-23H,1-2H3;1-12H;1-9,14-15H;1-3H. The van der Waals surface area contributed by atoms with Gasteiger partial charge in [0, 0.05) is 112 Å². The van der Waals surface area contributed by atoms with Crippen molar-refractivity contribution >= 4 is 175 Å². The average molecular weight is 1970 g/mol. The Morgan fingerprint density at radius 3 is 1.26 bits per heavy atom. The molecule has 0 aliphatic carbocycles. The van der Waals surface area contributed by atoms with Crippen LogP contribution in [-0.2, 0) is 10.8 Å². The minimum atomic E-state index is -1.41. The molecule has 22 heteroatoms. The van der Waals surface area contributed by atoms with Gasteiger partial charge in [0.1, 0.15) is 3.70 Å². The second kappa shape index (κ2) is 37.9. The summed E-state index contributed by atoms with van der Waals surface area (Å²) in [4.78, 5) is 61.9. The molecule has 2 aliphatic rings. The van der Waals surface area contributed by atoms with Crippen LogP contribution in [0.3, 0.4) is 0 Å². The summed E-state index contributed by atoms with van der Waals surface area (Å²) in [6.45, 7) is 9.24. The molecule has 0 radical (unpaired) electrons. The van der Waals surface area contributed by atoms with Crippen molar-refractivity contribution in [1.82, 2.24) is 69.4 Å². The normalized spacial score (nSPS) is 12.5. The third kappa shape index (κ3) is 17.3. The van der Waals surface area contributed by atoms with E-state index in [4.69, 9.17) is 63.2 Å². The number of nitrogens with one attached hydrogen (secondary N) is 2. The number of aromatic amines is 1. The highest BCUT2D eigenvalue weighted by Crippen LogP contribution is 2.55. The number of halogens is 3. The SMILES string of the molecule is CC1(C)c2ccccc2N(c2nc(-c3cccc(-c4ccccc4)c3)c3cccnc3n2)c2cc3c(cc21)c1ccccc1n3-c1nc(-c2cccc(-c3ccccc3)c2)c2cccnc2n1.CC1(C)c2ccccc2Nc2cc3[nH]c4ccccc4c3cc21.Clc1nc(-c2cccc(-c3ccccc3)c2)c2cccnc2n1.Clc1nc(I)c2cccnc2n1.OB(O)c1cccc(-c2ccccc2)c1. The first-order valence-electron chi connectivity index (χ1n) is 45.8. The van der Waals surface area contributed by atoms with E-state index in [-0.39, 0.29) is 21.4 Å². The van der Waals surface area contributed by atoms with Gasteiger partial charge in [-0.1, -0.05) is 301 Å². The van der Waals surface area contributed by atoms with Crippen molar-refractivity contribution in [2.75, 3.05) is 10.2 Å². The summed E-state index contributed by atoms with van der Waals surface area (Å²) in [7, 11) is -1.41. The van der Waals surface area contributed by atoms with Crippen LogP contribution >= 0.6 is 45.8 Å². The number of anilines is 5. The molecule has 0 saturated heterocycles. The summed E-state index contributed by atoms with van der Waals surface area (Å²) in [5.41, 5.74) is 30.6. The fourth-order valence-corrected chi connectivity index (χ4v) is 20.2. The Labute approximate surface area is 830 Å². The van der Waals surface area contributed by atoms with Crippen molar-refractivity contribution in [3.8, 4) is 84.2 Å². The Morgan fingerprint density at radius 2 is 0.700 bits per heavy atom. The van der Waals surface area contributed by atoms with Crippen LogP contribution in [0.4, 0.5) is 28.7 Å². The Bertz CT molecular complexity index is 8870. The summed E-state index contributed by atoms with van der Waals surface area (Å²) in [6, 6.07) is 133. The van der Waals surface area contributed by atoms with Gasteiger partial charge in [-0.3, -0.25) is 9.47 Å². The quantitative estimate of drug-likeness (QED) is 0.0432. The lowest BCUT2D eigenvalue weighted by atomic mass is 9.73. The van der Waals surface area contributed by atoms with Crippen LogP contribution in [0.25, 0.3) is 172 Å². The van der Waals surface area contributed by atoms with Crippen molar-refractivity contribution < 1.29 is 10.0 Å². The fraction of sp³-hybridized carbons (Fsp3) is 0.0508. The molecule has 140 heavy (non-hydrogen) atoms. The summed E-state index contributed by atoms with van der Waals surface area (Å²) < 4.78 is 3.02. The number of hydrogen-bond donors (Lipinski definition) is 4. The third-order valence-corrected chi connectivity index (χ3v) is 27.1. The zero-order valence-corrected chi connectivity index (χ0v) is 79.8. The number of rotatable bonds is 10. The summed E-state index contributed by atoms with van der Waals surface area (Å²) in [5.74, 6) is 1.07. The lowest BCUT2D eigenvalue weighted by molar-refractivity contribution is 0.426. The number of hydrogen-bond acceptors (Lipinski definition) is 16. The molecule has 0 spiro atoms. The minimum Gasteiger partial charge on any atom is -0.423 e. The molecule has 0 saturated carbocycles. The summed E-state index contributed by atoms with van der Waals surface area (Å²) in [5, 5.41) is 30.5. The molecular weight excluding hydrogens is 1880 g/mol. The van der Waals surface area contributed by atoms with Gasteiger partial charge in [-0.25, -0.2) is 39.9 Å². The number of pyridine rings is 4. The van der Waals surface area contributed by atoms with E-state index in [1.165, 1.54) is 49.9 Å². The van der Waals surface area contributed by atoms with E-state index in [2.05, 4.69) is 355 Å². The minimum absolute atomic E-state index is 0.0102. The zero-order chi connectivity index (χ0) is 95.1. The molecule has 24 aromatic rings. The van der Waals surface area contributed by atoms with E-state index in [0.29, 0.717) is 39.9 Å². The first-order valence-corrected chi connectivity index (χ1v) is 47.7. The van der Waals surface area contributed by atoms with Gasteiger partial charge < -0.3 is 20.3 Å². The smallest absolute Gasteiger partial charge is 0.423 e. The highest BCUT2D eigenvalue weighted by Gasteiger charge is 2.40. The van der Waals surface area contributed by atoms with Gasteiger partial charge in [0.25, 0.3) is 0 Å². The average Bonchev–Trinajstić information content (AvgIpc) is 1.40. The molecule has 0 bridgehead atoms. The van der Waals surface area contributed by atoms with Crippen LogP contribution in [0.15, 0.2) is 413 Å². The highest BCUT2D eigenvalue weighted by atomic mass is 127. The molecule has 672 valence electrons. The molecule has 2 aliphatic heterocycles. The molecule has 14 aromatic carbocycles. The first kappa shape index (κ1) is 88.8. The van der Waals surface area contributed by atoms with Crippen molar-refractivity contribution in [2.24, 2.45) is 0 Å². The van der Waals surface area contributed by atoms with Gasteiger partial charge >= 0.3 is 7.12 Å². The van der Waals surface area contributed by atoms with Gasteiger partial charge in [-0.15, -0.1) is 0 Å². The second-order valence-electron chi connectivity index (χ2n) is 35.2. The van der Waals surface area contributed by atoms with Crippen molar-refractivity contribution in [3.63, 3.8) is 0 Å². The van der Waals surface area contributed by atoms with Gasteiger partial charge in [0.2, 0.25) is 22.5 Å². The van der Waals surface area contributed by atoms with Crippen molar-refractivity contribution in [3.05, 3.63) is 450 Å². The Balaban J connectivity index is 0.000000124. The van der Waals surface area contributed by atoms with Crippen LogP contribution in [0.1, 0.15) is 49.9 Å². The lowest BCUT2D eigenvalue weighted by Gasteiger charge is -2.41.